The standard InChI is InChI=1S/C23H33N3O2S/c1-14-10-9-13-19(15(14)2)26-21(28)17-11-7-8-12-18(17)24-22(26)29-16(3)20(27)25-23(4,5)6/h7-8,11-12,14-16,19H,9-10,13H2,1-6H3,(H,25,27)/t14-,15+,16-,19-/m0/s1. The Bertz CT molecular complexity index is 947. The van der Waals surface area contributed by atoms with E-state index in [9.17, 15) is 9.59 Å². The first-order valence-electron chi connectivity index (χ1n) is 10.6. The van der Waals surface area contributed by atoms with Gasteiger partial charge in [0.25, 0.3) is 5.56 Å². The second-order valence-corrected chi connectivity index (χ2v) is 10.7. The highest BCUT2D eigenvalue weighted by Crippen LogP contribution is 2.39. The highest BCUT2D eigenvalue weighted by molar-refractivity contribution is 8.00. The minimum Gasteiger partial charge on any atom is -0.351 e. The van der Waals surface area contributed by atoms with Crippen molar-refractivity contribution < 1.29 is 4.79 Å². The molecule has 2 aromatic rings. The lowest BCUT2D eigenvalue weighted by atomic mass is 9.78. The van der Waals surface area contributed by atoms with Crippen LogP contribution in [-0.4, -0.2) is 26.2 Å². The van der Waals surface area contributed by atoms with Crippen LogP contribution in [0.25, 0.3) is 10.9 Å². The molecule has 4 atom stereocenters. The van der Waals surface area contributed by atoms with Gasteiger partial charge in [0.15, 0.2) is 5.16 Å². The molecule has 0 radical (unpaired) electrons. The Kier molecular flexibility index (Phi) is 6.42. The van der Waals surface area contributed by atoms with Gasteiger partial charge in [0.1, 0.15) is 0 Å². The van der Waals surface area contributed by atoms with Crippen molar-refractivity contribution in [2.24, 2.45) is 11.8 Å². The van der Waals surface area contributed by atoms with E-state index in [2.05, 4.69) is 19.2 Å². The largest absolute Gasteiger partial charge is 0.351 e. The zero-order valence-corrected chi connectivity index (χ0v) is 19.2. The Morgan fingerprint density at radius 1 is 1.24 bits per heavy atom. The predicted octanol–water partition coefficient (Wildman–Crippen LogP) is 4.79. The second kappa shape index (κ2) is 8.50. The lowest BCUT2D eigenvalue weighted by Gasteiger charge is -2.36. The van der Waals surface area contributed by atoms with Gasteiger partial charge in [0.05, 0.1) is 16.2 Å². The maximum Gasteiger partial charge on any atom is 0.262 e. The average Bonchev–Trinajstić information content (AvgIpc) is 2.63. The van der Waals surface area contributed by atoms with Gasteiger partial charge in [0.2, 0.25) is 5.91 Å². The van der Waals surface area contributed by atoms with E-state index in [1.165, 1.54) is 18.2 Å². The zero-order chi connectivity index (χ0) is 21.3. The lowest BCUT2D eigenvalue weighted by molar-refractivity contribution is -0.121. The van der Waals surface area contributed by atoms with E-state index < -0.39 is 0 Å². The van der Waals surface area contributed by atoms with Gasteiger partial charge < -0.3 is 5.32 Å². The van der Waals surface area contributed by atoms with Crippen LogP contribution in [0.1, 0.15) is 66.8 Å². The van der Waals surface area contributed by atoms with Crippen molar-refractivity contribution in [1.29, 1.82) is 0 Å². The third-order valence-corrected chi connectivity index (χ3v) is 6.99. The van der Waals surface area contributed by atoms with Gasteiger partial charge in [-0.15, -0.1) is 0 Å². The number of para-hydroxylation sites is 1. The fraction of sp³-hybridized carbons (Fsp3) is 0.609. The van der Waals surface area contributed by atoms with Gasteiger partial charge in [0, 0.05) is 11.6 Å². The number of benzene rings is 1. The summed E-state index contributed by atoms with van der Waals surface area (Å²) in [5, 5.41) is 3.98. The van der Waals surface area contributed by atoms with E-state index in [1.54, 1.807) is 0 Å². The first-order chi connectivity index (χ1) is 13.6. The van der Waals surface area contributed by atoms with Crippen LogP contribution < -0.4 is 10.9 Å². The van der Waals surface area contributed by atoms with Gasteiger partial charge in [-0.2, -0.15) is 0 Å². The smallest absolute Gasteiger partial charge is 0.262 e. The molecule has 158 valence electrons. The van der Waals surface area contributed by atoms with Crippen LogP contribution in [0.4, 0.5) is 0 Å². The summed E-state index contributed by atoms with van der Waals surface area (Å²) in [4.78, 5) is 31.0. The maximum atomic E-state index is 13.5. The zero-order valence-electron chi connectivity index (χ0n) is 18.4. The number of rotatable bonds is 4. The van der Waals surface area contributed by atoms with E-state index in [-0.39, 0.29) is 28.3 Å². The SMILES string of the molecule is C[C@@H]1[C@@H](C)CCC[C@@H]1n1c(S[C@@H](C)C(=O)NC(C)(C)C)nc2ccccc2c1=O. The molecule has 6 heteroatoms. The molecule has 1 aliphatic carbocycles. The second-order valence-electron chi connectivity index (χ2n) is 9.42. The first kappa shape index (κ1) is 21.9. The summed E-state index contributed by atoms with van der Waals surface area (Å²) in [5.74, 6) is 0.913. The van der Waals surface area contributed by atoms with Crippen LogP contribution in [0, 0.1) is 11.8 Å². The molecule has 29 heavy (non-hydrogen) atoms. The Morgan fingerprint density at radius 2 is 1.93 bits per heavy atom. The molecule has 1 fully saturated rings. The van der Waals surface area contributed by atoms with Crippen LogP contribution in [0.3, 0.4) is 0 Å². The number of nitrogens with one attached hydrogen (secondary N) is 1. The van der Waals surface area contributed by atoms with Crippen molar-refractivity contribution in [2.75, 3.05) is 0 Å². The molecule has 1 saturated carbocycles. The Morgan fingerprint density at radius 3 is 2.62 bits per heavy atom. The van der Waals surface area contributed by atoms with Gasteiger partial charge in [-0.05, 0) is 58.1 Å². The molecule has 1 aliphatic rings. The number of aromatic nitrogens is 2. The quantitative estimate of drug-likeness (QED) is 0.576. The summed E-state index contributed by atoms with van der Waals surface area (Å²) in [7, 11) is 0. The lowest BCUT2D eigenvalue weighted by Crippen LogP contribution is -2.44. The molecule has 0 spiro atoms. The molecule has 1 aromatic carbocycles. The third-order valence-electron chi connectivity index (χ3n) is 5.92. The summed E-state index contributed by atoms with van der Waals surface area (Å²) >= 11 is 1.38. The van der Waals surface area contributed by atoms with Gasteiger partial charge in [-0.25, -0.2) is 4.98 Å². The van der Waals surface area contributed by atoms with Gasteiger partial charge in [-0.3, -0.25) is 14.2 Å². The van der Waals surface area contributed by atoms with Crippen LogP contribution >= 0.6 is 11.8 Å². The van der Waals surface area contributed by atoms with E-state index in [0.717, 1.165) is 12.8 Å². The number of carbonyl (C=O) groups is 1. The summed E-state index contributed by atoms with van der Waals surface area (Å²) in [6.45, 7) is 12.3. The molecular formula is C23H33N3O2S. The number of thioether (sulfide) groups is 1. The molecule has 1 amide bonds. The highest BCUT2D eigenvalue weighted by Gasteiger charge is 2.32. The summed E-state index contributed by atoms with van der Waals surface area (Å²) < 4.78 is 1.88. The molecule has 0 saturated heterocycles. The van der Waals surface area contributed by atoms with Gasteiger partial charge in [-0.1, -0.05) is 50.6 Å². The van der Waals surface area contributed by atoms with Gasteiger partial charge >= 0.3 is 0 Å². The normalized spacial score (nSPS) is 23.7. The molecule has 1 N–H and O–H groups in total. The van der Waals surface area contributed by atoms with Crippen molar-refractivity contribution in [1.82, 2.24) is 14.9 Å². The number of nitrogens with zero attached hydrogens (tertiary/aromatic N) is 2. The topological polar surface area (TPSA) is 64.0 Å². The molecule has 1 aromatic heterocycles. The fourth-order valence-corrected chi connectivity index (χ4v) is 5.07. The van der Waals surface area contributed by atoms with Crippen molar-refractivity contribution in [3.8, 4) is 0 Å². The first-order valence-corrected chi connectivity index (χ1v) is 11.5. The number of carbonyl (C=O) groups excluding carboxylic acids is 1. The number of hydrogen-bond acceptors (Lipinski definition) is 4. The Labute approximate surface area is 177 Å². The Hall–Kier alpha value is -1.82. The highest BCUT2D eigenvalue weighted by atomic mass is 32.2. The summed E-state index contributed by atoms with van der Waals surface area (Å²) in [6, 6.07) is 7.62. The van der Waals surface area contributed by atoms with E-state index in [1.807, 2.05) is 56.5 Å². The van der Waals surface area contributed by atoms with Crippen molar-refractivity contribution >= 4 is 28.6 Å². The van der Waals surface area contributed by atoms with Crippen molar-refractivity contribution in [3.63, 3.8) is 0 Å². The van der Waals surface area contributed by atoms with Crippen LogP contribution in [-0.2, 0) is 4.79 Å². The third kappa shape index (κ3) is 4.85. The molecular weight excluding hydrogens is 382 g/mol. The maximum absolute atomic E-state index is 13.5. The van der Waals surface area contributed by atoms with Crippen LogP contribution in [0.5, 0.6) is 0 Å². The minimum absolute atomic E-state index is 0.00693. The molecule has 5 nitrogen and oxygen atoms in total. The minimum atomic E-state index is -0.343. The molecule has 0 unspecified atom stereocenters. The Balaban J connectivity index is 2.05. The number of hydrogen-bond donors (Lipinski definition) is 1. The molecule has 0 bridgehead atoms. The molecule has 1 heterocycles. The fourth-order valence-electron chi connectivity index (χ4n) is 4.10. The predicted molar refractivity (Wildman–Crippen MR) is 120 cm³/mol. The summed E-state index contributed by atoms with van der Waals surface area (Å²) in [6.07, 6.45) is 3.28. The number of amides is 1. The monoisotopic (exact) mass is 415 g/mol. The van der Waals surface area contributed by atoms with Crippen LogP contribution in [0.2, 0.25) is 0 Å². The number of fused-ring (bicyclic) bond motifs is 1. The van der Waals surface area contributed by atoms with Crippen molar-refractivity contribution in [2.45, 2.75) is 82.8 Å². The van der Waals surface area contributed by atoms with Crippen LogP contribution in [0.15, 0.2) is 34.2 Å². The average molecular weight is 416 g/mol. The van der Waals surface area contributed by atoms with E-state index >= 15 is 0 Å². The summed E-state index contributed by atoms with van der Waals surface area (Å²) in [5.41, 5.74) is 0.402. The molecule has 3 rings (SSSR count). The van der Waals surface area contributed by atoms with Crippen molar-refractivity contribution in [3.05, 3.63) is 34.6 Å². The van der Waals surface area contributed by atoms with E-state index in [4.69, 9.17) is 4.98 Å². The van der Waals surface area contributed by atoms with E-state index in [0.29, 0.717) is 27.9 Å². The molecule has 0 aliphatic heterocycles.